The fraction of sp³-hybridized carbons (Fsp3) is 0.235. The molecule has 0 fully saturated rings. The fourth-order valence-corrected chi connectivity index (χ4v) is 2.87. The lowest BCUT2D eigenvalue weighted by molar-refractivity contribution is 0.414. The van der Waals surface area contributed by atoms with Crippen molar-refractivity contribution in [2.45, 2.75) is 19.8 Å². The van der Waals surface area contributed by atoms with Gasteiger partial charge in [0.15, 0.2) is 5.58 Å². The Morgan fingerprint density at radius 1 is 1.24 bits per heavy atom. The molecule has 0 aliphatic heterocycles. The molecule has 8 heteroatoms. The number of hydrogen-bond donors (Lipinski definition) is 3. The molecule has 0 saturated heterocycles. The molecule has 5 nitrogen and oxygen atoms in total. The molecule has 1 heterocycles. The normalized spacial score (nSPS) is 10.6. The molecule has 0 bridgehead atoms. The van der Waals surface area contributed by atoms with E-state index < -0.39 is 0 Å². The highest BCUT2D eigenvalue weighted by Crippen LogP contribution is 2.33. The Kier molecular flexibility index (Phi) is 6.21. The molecule has 3 aromatic rings. The van der Waals surface area contributed by atoms with Crippen LogP contribution in [0.4, 0.5) is 5.69 Å². The Balaban J connectivity index is 0.000000181. The Labute approximate surface area is 160 Å². The number of phenolic OH excluding ortho intramolecular Hbond substituents is 1. The van der Waals surface area contributed by atoms with Gasteiger partial charge in [0, 0.05) is 16.7 Å². The van der Waals surface area contributed by atoms with E-state index in [0.29, 0.717) is 31.9 Å². The lowest BCUT2D eigenvalue weighted by atomic mass is 10.0. The molecule has 4 N–H and O–H groups in total. The Hall–Kier alpha value is -1.89. The van der Waals surface area contributed by atoms with Crippen molar-refractivity contribution in [3.8, 4) is 11.5 Å². The third-order valence-electron chi connectivity index (χ3n) is 3.45. The quantitative estimate of drug-likeness (QED) is 0.283. The molecule has 0 unspecified atom stereocenters. The molecule has 0 aliphatic carbocycles. The Morgan fingerprint density at radius 2 is 1.92 bits per heavy atom. The summed E-state index contributed by atoms with van der Waals surface area (Å²) in [6.07, 6.45) is 0. The number of methoxy groups -OCH3 is 1. The zero-order valence-corrected chi connectivity index (χ0v) is 16.2. The number of rotatable bonds is 2. The van der Waals surface area contributed by atoms with E-state index in [1.807, 2.05) is 13.8 Å². The lowest BCUT2D eigenvalue weighted by Crippen LogP contribution is -1.93. The molecule has 2 aromatic carbocycles. The van der Waals surface area contributed by atoms with Crippen LogP contribution in [0, 0.1) is 4.84 Å². The van der Waals surface area contributed by atoms with Gasteiger partial charge < -0.3 is 25.0 Å². The molecule has 0 aliphatic rings. The highest BCUT2D eigenvalue weighted by atomic mass is 35.5. The van der Waals surface area contributed by atoms with Gasteiger partial charge >= 0.3 is 0 Å². The summed E-state index contributed by atoms with van der Waals surface area (Å²) in [5.41, 5.74) is 8.07. The summed E-state index contributed by atoms with van der Waals surface area (Å²) in [6, 6.07) is 6.69. The molecule has 134 valence electrons. The standard InChI is InChI=1S/C9H12ClNO.C8H6ClNO2S/c1-5(2)7-3-6(10)4-8(11)9(7)12;1-11-6-3-7-5(2-4(6)9)10-8(13)12-7/h3-5,12H,11H2,1-2H3;2-3H,1H3,(H,10,13). The summed E-state index contributed by atoms with van der Waals surface area (Å²) < 4.78 is 10.2. The van der Waals surface area contributed by atoms with Crippen molar-refractivity contribution >= 4 is 52.2 Å². The maximum absolute atomic E-state index is 9.51. The van der Waals surface area contributed by atoms with E-state index in [1.165, 1.54) is 0 Å². The van der Waals surface area contributed by atoms with Gasteiger partial charge in [0.2, 0.25) is 0 Å². The maximum atomic E-state index is 9.51. The first-order chi connectivity index (χ1) is 11.7. The van der Waals surface area contributed by atoms with Crippen molar-refractivity contribution in [3.05, 3.63) is 44.7 Å². The van der Waals surface area contributed by atoms with Crippen LogP contribution in [0.3, 0.4) is 0 Å². The number of nitrogens with one attached hydrogen (secondary N) is 1. The van der Waals surface area contributed by atoms with Crippen LogP contribution in [-0.4, -0.2) is 17.2 Å². The first-order valence-electron chi connectivity index (χ1n) is 7.37. The van der Waals surface area contributed by atoms with E-state index in [1.54, 1.807) is 31.4 Å². The van der Waals surface area contributed by atoms with Crippen molar-refractivity contribution in [2.24, 2.45) is 0 Å². The number of fused-ring (bicyclic) bond motifs is 1. The summed E-state index contributed by atoms with van der Waals surface area (Å²) in [7, 11) is 1.55. The smallest absolute Gasteiger partial charge is 0.266 e. The lowest BCUT2D eigenvalue weighted by Gasteiger charge is -2.10. The largest absolute Gasteiger partial charge is 0.505 e. The predicted molar refractivity (Wildman–Crippen MR) is 105 cm³/mol. The second-order valence-corrected chi connectivity index (χ2v) is 6.80. The van der Waals surface area contributed by atoms with E-state index >= 15 is 0 Å². The topological polar surface area (TPSA) is 84.4 Å². The minimum Gasteiger partial charge on any atom is -0.505 e. The SMILES string of the molecule is CC(C)c1cc(Cl)cc(N)c1O.COc1cc2oc(=S)[nH]c2cc1Cl. The van der Waals surface area contributed by atoms with Crippen molar-refractivity contribution < 1.29 is 14.3 Å². The van der Waals surface area contributed by atoms with E-state index in [2.05, 4.69) is 4.98 Å². The number of nitrogens with two attached hydrogens (primary N) is 1. The number of aromatic amines is 1. The number of benzene rings is 2. The maximum Gasteiger partial charge on any atom is 0.266 e. The second kappa shape index (κ2) is 7.99. The van der Waals surface area contributed by atoms with Crippen molar-refractivity contribution in [2.75, 3.05) is 12.8 Å². The van der Waals surface area contributed by atoms with Crippen LogP contribution in [0.2, 0.25) is 10.0 Å². The van der Waals surface area contributed by atoms with Crippen LogP contribution >= 0.6 is 35.4 Å². The third kappa shape index (κ3) is 4.60. The molecule has 0 spiro atoms. The summed E-state index contributed by atoms with van der Waals surface area (Å²) in [5.74, 6) is 0.951. The van der Waals surface area contributed by atoms with Crippen molar-refractivity contribution in [3.63, 3.8) is 0 Å². The summed E-state index contributed by atoms with van der Waals surface area (Å²) >= 11 is 16.5. The van der Waals surface area contributed by atoms with Crippen LogP contribution < -0.4 is 10.5 Å². The number of phenols is 1. The van der Waals surface area contributed by atoms with Crippen LogP contribution in [0.25, 0.3) is 11.1 Å². The van der Waals surface area contributed by atoms with Crippen LogP contribution in [-0.2, 0) is 0 Å². The van der Waals surface area contributed by atoms with Gasteiger partial charge in [-0.05, 0) is 36.3 Å². The van der Waals surface area contributed by atoms with Gasteiger partial charge in [0.25, 0.3) is 4.84 Å². The number of aromatic nitrogens is 1. The number of anilines is 1. The van der Waals surface area contributed by atoms with E-state index in [9.17, 15) is 5.11 Å². The Bertz CT molecular complexity index is 951. The highest BCUT2D eigenvalue weighted by Gasteiger charge is 2.09. The van der Waals surface area contributed by atoms with E-state index in [-0.39, 0.29) is 11.7 Å². The van der Waals surface area contributed by atoms with Gasteiger partial charge in [-0.2, -0.15) is 0 Å². The van der Waals surface area contributed by atoms with Crippen LogP contribution in [0.15, 0.2) is 28.7 Å². The number of oxazole rings is 1. The molecule has 25 heavy (non-hydrogen) atoms. The number of hydrogen-bond acceptors (Lipinski definition) is 5. The zero-order valence-electron chi connectivity index (χ0n) is 13.9. The molecular weight excluding hydrogens is 383 g/mol. The molecule has 1 aromatic heterocycles. The first kappa shape index (κ1) is 19.4. The second-order valence-electron chi connectivity index (χ2n) is 5.58. The number of halogens is 2. The average Bonchev–Trinajstić information content (AvgIpc) is 2.89. The minimum absolute atomic E-state index is 0.148. The number of nitrogen functional groups attached to an aromatic ring is 1. The van der Waals surface area contributed by atoms with Crippen molar-refractivity contribution in [1.29, 1.82) is 0 Å². The monoisotopic (exact) mass is 400 g/mol. The highest BCUT2D eigenvalue weighted by molar-refractivity contribution is 7.71. The molecule has 0 saturated carbocycles. The summed E-state index contributed by atoms with van der Waals surface area (Å²) in [6.45, 7) is 3.95. The van der Waals surface area contributed by atoms with Crippen molar-refractivity contribution in [1.82, 2.24) is 4.98 Å². The molecule has 0 radical (unpaired) electrons. The van der Waals surface area contributed by atoms with E-state index in [0.717, 1.165) is 11.1 Å². The predicted octanol–water partition coefficient (Wildman–Crippen LogP) is 5.90. The van der Waals surface area contributed by atoms with Crippen LogP contribution in [0.1, 0.15) is 25.3 Å². The average molecular weight is 401 g/mol. The number of ether oxygens (including phenoxy) is 1. The zero-order chi connectivity index (χ0) is 18.7. The van der Waals surface area contributed by atoms with Gasteiger partial charge in [-0.3, -0.25) is 0 Å². The van der Waals surface area contributed by atoms with Gasteiger partial charge in [-0.25, -0.2) is 0 Å². The van der Waals surface area contributed by atoms with Gasteiger partial charge in [0.05, 0.1) is 23.3 Å². The molecular formula is C17H18Cl2N2O3S. The van der Waals surface area contributed by atoms with Gasteiger partial charge in [-0.15, -0.1) is 0 Å². The minimum atomic E-state index is 0.148. The number of aromatic hydroxyl groups is 1. The molecule has 0 amide bonds. The first-order valence-corrected chi connectivity index (χ1v) is 8.53. The van der Waals surface area contributed by atoms with Crippen LogP contribution in [0.5, 0.6) is 11.5 Å². The Morgan fingerprint density at radius 3 is 2.52 bits per heavy atom. The summed E-state index contributed by atoms with van der Waals surface area (Å²) in [4.78, 5) is 3.19. The molecule has 3 rings (SSSR count). The molecule has 0 atom stereocenters. The summed E-state index contributed by atoms with van der Waals surface area (Å²) in [5, 5.41) is 10.6. The van der Waals surface area contributed by atoms with E-state index in [4.69, 9.17) is 50.3 Å². The number of H-pyrrole nitrogens is 1. The van der Waals surface area contributed by atoms with Gasteiger partial charge in [0.1, 0.15) is 11.5 Å². The third-order valence-corrected chi connectivity index (χ3v) is 4.15. The fourth-order valence-electron chi connectivity index (χ4n) is 2.19. The van der Waals surface area contributed by atoms with Gasteiger partial charge in [-0.1, -0.05) is 37.0 Å².